The molecule has 2 rings (SSSR count). The fraction of sp³-hybridized carbons (Fsp3) is 0.588. The van der Waals surface area contributed by atoms with E-state index in [-0.39, 0.29) is 28.3 Å². The highest BCUT2D eigenvalue weighted by Crippen LogP contribution is 2.21. The minimum atomic E-state index is -3.11. The minimum Gasteiger partial charge on any atom is -0.452 e. The Labute approximate surface area is 158 Å². The molecule has 144 valence electrons. The zero-order valence-corrected chi connectivity index (χ0v) is 16.7. The fourth-order valence-electron chi connectivity index (χ4n) is 3.09. The predicted molar refractivity (Wildman–Crippen MR) is 98.1 cm³/mol. The maximum Gasteiger partial charge on any atom is 0.342 e. The van der Waals surface area contributed by atoms with Crippen LogP contribution in [0.3, 0.4) is 0 Å². The third-order valence-electron chi connectivity index (χ3n) is 4.27. The fourth-order valence-corrected chi connectivity index (χ4v) is 5.18. The molecule has 9 heteroatoms. The van der Waals surface area contributed by atoms with E-state index < -0.39 is 28.3 Å². The summed E-state index contributed by atoms with van der Waals surface area (Å²) >= 11 is 6.02. The lowest BCUT2D eigenvalue weighted by molar-refractivity contribution is -0.136. The van der Waals surface area contributed by atoms with Crippen LogP contribution in [0.2, 0.25) is 5.15 Å². The Morgan fingerprint density at radius 2 is 2.08 bits per heavy atom. The van der Waals surface area contributed by atoms with Crippen molar-refractivity contribution in [1.29, 1.82) is 0 Å². The molecule has 1 amide bonds. The van der Waals surface area contributed by atoms with Gasteiger partial charge in [0.15, 0.2) is 16.4 Å². The Hall–Kier alpha value is -1.67. The molecule has 26 heavy (non-hydrogen) atoms. The lowest BCUT2D eigenvalue weighted by Gasteiger charge is -2.27. The number of rotatable bonds is 6. The van der Waals surface area contributed by atoms with Gasteiger partial charge in [-0.1, -0.05) is 18.5 Å². The Bertz CT molecular complexity index is 786. The number of aromatic nitrogens is 1. The number of aryl methyl sites for hydroxylation is 2. The molecule has 2 heterocycles. The largest absolute Gasteiger partial charge is 0.452 e. The van der Waals surface area contributed by atoms with Crippen molar-refractivity contribution in [3.63, 3.8) is 0 Å². The van der Waals surface area contributed by atoms with Crippen LogP contribution >= 0.6 is 11.6 Å². The Balaban J connectivity index is 2.05. The first-order chi connectivity index (χ1) is 12.1. The number of hydrogen-bond donors (Lipinski definition) is 0. The van der Waals surface area contributed by atoms with E-state index in [2.05, 4.69) is 4.98 Å². The summed E-state index contributed by atoms with van der Waals surface area (Å²) in [5.41, 5.74) is 1.43. The third-order valence-corrected chi connectivity index (χ3v) is 6.29. The van der Waals surface area contributed by atoms with E-state index in [9.17, 15) is 18.0 Å². The summed E-state index contributed by atoms with van der Waals surface area (Å²) in [6.45, 7) is 5.33. The van der Waals surface area contributed by atoms with Gasteiger partial charge in [0.1, 0.15) is 5.15 Å². The van der Waals surface area contributed by atoms with Crippen molar-refractivity contribution in [2.45, 2.75) is 39.7 Å². The molecule has 1 aromatic rings. The van der Waals surface area contributed by atoms with Crippen molar-refractivity contribution in [3.8, 4) is 0 Å². The first kappa shape index (κ1) is 20.6. The van der Waals surface area contributed by atoms with Gasteiger partial charge in [0.05, 0.1) is 17.1 Å². The number of esters is 1. The molecule has 0 aliphatic carbocycles. The summed E-state index contributed by atoms with van der Waals surface area (Å²) in [6, 6.07) is 1.34. The van der Waals surface area contributed by atoms with Gasteiger partial charge in [0.2, 0.25) is 0 Å². The first-order valence-corrected chi connectivity index (χ1v) is 10.6. The van der Waals surface area contributed by atoms with Gasteiger partial charge >= 0.3 is 5.97 Å². The molecule has 7 nitrogen and oxygen atoms in total. The van der Waals surface area contributed by atoms with Gasteiger partial charge in [-0.05, 0) is 38.3 Å². The first-order valence-electron chi connectivity index (χ1n) is 8.45. The van der Waals surface area contributed by atoms with Crippen LogP contribution in [-0.4, -0.2) is 60.9 Å². The van der Waals surface area contributed by atoms with Crippen molar-refractivity contribution >= 4 is 33.3 Å². The standard InChI is InChI=1S/C17H23ClN2O5S/c1-4-6-20(13-5-7-26(23,24)10-13)14(21)9-25-17(22)15-11(2)8-12(3)19-16(15)18/h8,13H,4-7,9-10H2,1-3H3/t13-/m1/s1. The van der Waals surface area contributed by atoms with Crippen LogP contribution in [0.4, 0.5) is 0 Å². The lowest BCUT2D eigenvalue weighted by atomic mass is 10.1. The number of hydrogen-bond acceptors (Lipinski definition) is 6. The third kappa shape index (κ3) is 4.94. The van der Waals surface area contributed by atoms with Gasteiger partial charge in [-0.25, -0.2) is 18.2 Å². The van der Waals surface area contributed by atoms with Crippen LogP contribution in [0.15, 0.2) is 6.07 Å². The molecule has 1 aliphatic heterocycles. The molecular weight excluding hydrogens is 380 g/mol. The Morgan fingerprint density at radius 3 is 2.62 bits per heavy atom. The number of carbonyl (C=O) groups is 2. The van der Waals surface area contributed by atoms with Gasteiger partial charge in [-0.15, -0.1) is 0 Å². The topological polar surface area (TPSA) is 93.6 Å². The quantitative estimate of drug-likeness (QED) is 0.533. The van der Waals surface area contributed by atoms with Crippen molar-refractivity contribution in [1.82, 2.24) is 9.88 Å². The maximum absolute atomic E-state index is 12.5. The second-order valence-corrected chi connectivity index (χ2v) is 9.05. The summed E-state index contributed by atoms with van der Waals surface area (Å²) in [5.74, 6) is -1.09. The van der Waals surface area contributed by atoms with E-state index in [0.29, 0.717) is 30.6 Å². The van der Waals surface area contributed by atoms with Crippen molar-refractivity contribution in [3.05, 3.63) is 28.0 Å². The van der Waals surface area contributed by atoms with Crippen LogP contribution in [0, 0.1) is 13.8 Å². The van der Waals surface area contributed by atoms with E-state index >= 15 is 0 Å². The molecule has 1 atom stereocenters. The second kappa shape index (κ2) is 8.35. The van der Waals surface area contributed by atoms with Gasteiger partial charge in [0, 0.05) is 18.3 Å². The Kier molecular flexibility index (Phi) is 6.63. The number of halogens is 1. The highest BCUT2D eigenvalue weighted by Gasteiger charge is 2.34. The number of sulfone groups is 1. The van der Waals surface area contributed by atoms with Gasteiger partial charge in [0.25, 0.3) is 5.91 Å². The smallest absolute Gasteiger partial charge is 0.342 e. The monoisotopic (exact) mass is 402 g/mol. The molecule has 0 radical (unpaired) electrons. The average molecular weight is 403 g/mol. The molecular formula is C17H23ClN2O5S. The molecule has 1 aliphatic rings. The van der Waals surface area contributed by atoms with Gasteiger partial charge < -0.3 is 9.64 Å². The van der Waals surface area contributed by atoms with Crippen molar-refractivity contribution in [2.75, 3.05) is 24.7 Å². The summed E-state index contributed by atoms with van der Waals surface area (Å²) in [5, 5.41) is 0.0345. The lowest BCUT2D eigenvalue weighted by Crippen LogP contribution is -2.43. The SMILES string of the molecule is CCCN(C(=O)COC(=O)c1c(C)cc(C)nc1Cl)[C@@H]1CCS(=O)(=O)C1. The summed E-state index contributed by atoms with van der Waals surface area (Å²) in [7, 11) is -3.11. The summed E-state index contributed by atoms with van der Waals surface area (Å²) < 4.78 is 28.5. The van der Waals surface area contributed by atoms with Gasteiger partial charge in [-0.2, -0.15) is 0 Å². The van der Waals surface area contributed by atoms with Crippen LogP contribution in [0.25, 0.3) is 0 Å². The molecule has 0 aromatic carbocycles. The molecule has 0 bridgehead atoms. The predicted octanol–water partition coefficient (Wildman–Crippen LogP) is 1.93. The van der Waals surface area contributed by atoms with E-state index in [1.165, 1.54) is 4.90 Å². The molecule has 0 spiro atoms. The zero-order chi connectivity index (χ0) is 19.5. The number of amides is 1. The summed E-state index contributed by atoms with van der Waals surface area (Å²) in [4.78, 5) is 30.3. The van der Waals surface area contributed by atoms with E-state index in [1.54, 1.807) is 19.9 Å². The average Bonchev–Trinajstić information content (AvgIpc) is 2.89. The normalized spacial score (nSPS) is 18.5. The summed E-state index contributed by atoms with van der Waals surface area (Å²) in [6.07, 6.45) is 1.10. The van der Waals surface area contributed by atoms with E-state index in [4.69, 9.17) is 16.3 Å². The Morgan fingerprint density at radius 1 is 1.38 bits per heavy atom. The molecule has 1 aromatic heterocycles. The molecule has 1 saturated heterocycles. The number of carbonyl (C=O) groups excluding carboxylic acids is 2. The van der Waals surface area contributed by atoms with Crippen LogP contribution in [-0.2, 0) is 19.4 Å². The van der Waals surface area contributed by atoms with E-state index in [1.807, 2.05) is 6.92 Å². The number of nitrogens with zero attached hydrogens (tertiary/aromatic N) is 2. The highest BCUT2D eigenvalue weighted by molar-refractivity contribution is 7.91. The molecule has 1 fully saturated rings. The second-order valence-electron chi connectivity index (χ2n) is 6.47. The van der Waals surface area contributed by atoms with Crippen LogP contribution in [0.1, 0.15) is 41.4 Å². The molecule has 0 unspecified atom stereocenters. The van der Waals surface area contributed by atoms with Crippen molar-refractivity contribution in [2.24, 2.45) is 0 Å². The minimum absolute atomic E-state index is 0.0345. The van der Waals surface area contributed by atoms with Crippen molar-refractivity contribution < 1.29 is 22.7 Å². The zero-order valence-electron chi connectivity index (χ0n) is 15.1. The van der Waals surface area contributed by atoms with E-state index in [0.717, 1.165) is 0 Å². The maximum atomic E-state index is 12.5. The number of pyridine rings is 1. The van der Waals surface area contributed by atoms with Crippen LogP contribution < -0.4 is 0 Å². The molecule has 0 N–H and O–H groups in total. The molecule has 0 saturated carbocycles. The highest BCUT2D eigenvalue weighted by atomic mass is 35.5. The number of ether oxygens (including phenoxy) is 1. The van der Waals surface area contributed by atoms with Crippen LogP contribution in [0.5, 0.6) is 0 Å². The van der Waals surface area contributed by atoms with Gasteiger partial charge in [-0.3, -0.25) is 4.79 Å².